The lowest BCUT2D eigenvalue weighted by Crippen LogP contribution is -2.22. The van der Waals surface area contributed by atoms with Crippen molar-refractivity contribution in [3.05, 3.63) is 65.6 Å². The summed E-state index contributed by atoms with van der Waals surface area (Å²) in [5, 5.41) is 9.53. The van der Waals surface area contributed by atoms with Gasteiger partial charge in [-0.1, -0.05) is 37.3 Å². The number of aromatic nitrogens is 2. The Morgan fingerprint density at radius 3 is 2.54 bits per heavy atom. The summed E-state index contributed by atoms with van der Waals surface area (Å²) in [6.07, 6.45) is 1.87. The number of ether oxygens (including phenoxy) is 1. The quantitative estimate of drug-likeness (QED) is 0.595. The standard InChI is InChI=1S/C22H24N2O4/c1-4-28-19-11-8-12-24-20(15(3)23-21(19)24)18(25)13-17(14(2)22(26)27)16-9-6-5-7-10-16/h5-12,14,17H,4,13H2,1-3H3,(H,26,27)/t14-,17-/m0/s1. The van der Waals surface area contributed by atoms with E-state index in [-0.39, 0.29) is 12.2 Å². The number of aliphatic carboxylic acids is 1. The highest BCUT2D eigenvalue weighted by molar-refractivity contribution is 5.97. The molecule has 0 saturated carbocycles. The molecule has 3 aromatic rings. The summed E-state index contributed by atoms with van der Waals surface area (Å²) >= 11 is 0. The zero-order chi connectivity index (χ0) is 20.3. The Kier molecular flexibility index (Phi) is 5.78. The summed E-state index contributed by atoms with van der Waals surface area (Å²) in [4.78, 5) is 29.4. The second-order valence-corrected chi connectivity index (χ2v) is 6.82. The van der Waals surface area contributed by atoms with Crippen molar-refractivity contribution in [2.45, 2.75) is 33.1 Å². The van der Waals surface area contributed by atoms with Crippen LogP contribution in [0.1, 0.15) is 47.9 Å². The molecule has 0 aliphatic carbocycles. The van der Waals surface area contributed by atoms with E-state index in [0.717, 1.165) is 5.56 Å². The van der Waals surface area contributed by atoms with Crippen molar-refractivity contribution in [1.29, 1.82) is 0 Å². The highest BCUT2D eigenvalue weighted by atomic mass is 16.5. The van der Waals surface area contributed by atoms with Crippen LogP contribution in [0.15, 0.2) is 48.7 Å². The van der Waals surface area contributed by atoms with Gasteiger partial charge in [-0.15, -0.1) is 0 Å². The van der Waals surface area contributed by atoms with Gasteiger partial charge in [0.1, 0.15) is 5.69 Å². The summed E-state index contributed by atoms with van der Waals surface area (Å²) in [7, 11) is 0. The van der Waals surface area contributed by atoms with E-state index in [1.807, 2.05) is 49.4 Å². The molecule has 1 N–H and O–H groups in total. The molecule has 6 heteroatoms. The highest BCUT2D eigenvalue weighted by Crippen LogP contribution is 2.31. The van der Waals surface area contributed by atoms with Crippen LogP contribution in [0.2, 0.25) is 0 Å². The molecule has 2 atom stereocenters. The maximum Gasteiger partial charge on any atom is 0.306 e. The SMILES string of the molecule is CCOc1cccn2c(C(=O)C[C@H](c3ccccc3)[C@H](C)C(=O)O)c(C)nc12. The van der Waals surface area contributed by atoms with Crippen molar-refractivity contribution in [3.8, 4) is 5.75 Å². The molecular formula is C22H24N2O4. The number of ketones is 1. The van der Waals surface area contributed by atoms with Crippen LogP contribution in [0.3, 0.4) is 0 Å². The maximum absolute atomic E-state index is 13.2. The van der Waals surface area contributed by atoms with Gasteiger partial charge in [0.25, 0.3) is 0 Å². The molecule has 0 bridgehead atoms. The first-order chi connectivity index (χ1) is 13.4. The fourth-order valence-electron chi connectivity index (χ4n) is 3.51. The van der Waals surface area contributed by atoms with E-state index in [1.54, 1.807) is 24.4 Å². The molecule has 0 fully saturated rings. The summed E-state index contributed by atoms with van der Waals surface area (Å²) in [5.41, 5.74) is 2.50. The van der Waals surface area contributed by atoms with E-state index in [4.69, 9.17) is 4.74 Å². The smallest absolute Gasteiger partial charge is 0.306 e. The number of fused-ring (bicyclic) bond motifs is 1. The average Bonchev–Trinajstić information content (AvgIpc) is 3.03. The third-order valence-corrected chi connectivity index (χ3v) is 4.98. The first-order valence-corrected chi connectivity index (χ1v) is 9.35. The Hall–Kier alpha value is -3.15. The molecule has 0 aliphatic rings. The van der Waals surface area contributed by atoms with Crippen LogP contribution in [0, 0.1) is 12.8 Å². The van der Waals surface area contributed by atoms with Gasteiger partial charge in [0, 0.05) is 18.5 Å². The molecule has 2 heterocycles. The van der Waals surface area contributed by atoms with Crippen molar-refractivity contribution in [2.24, 2.45) is 5.92 Å². The second kappa shape index (κ2) is 8.25. The topological polar surface area (TPSA) is 80.9 Å². The predicted molar refractivity (Wildman–Crippen MR) is 106 cm³/mol. The number of Topliss-reactive ketones (excluding diaryl/α,β-unsaturated/α-hetero) is 1. The number of carbonyl (C=O) groups excluding carboxylic acids is 1. The van der Waals surface area contributed by atoms with E-state index in [9.17, 15) is 14.7 Å². The Labute approximate surface area is 163 Å². The van der Waals surface area contributed by atoms with Crippen molar-refractivity contribution >= 4 is 17.4 Å². The number of carboxylic acid groups (broad SMARTS) is 1. The first-order valence-electron chi connectivity index (χ1n) is 9.35. The number of hydrogen-bond acceptors (Lipinski definition) is 4. The van der Waals surface area contributed by atoms with Crippen LogP contribution in [0.5, 0.6) is 5.75 Å². The van der Waals surface area contributed by atoms with Crippen LogP contribution in [-0.2, 0) is 4.79 Å². The number of pyridine rings is 1. The van der Waals surface area contributed by atoms with E-state index in [0.29, 0.717) is 29.4 Å². The van der Waals surface area contributed by atoms with Crippen LogP contribution in [0.25, 0.3) is 5.65 Å². The van der Waals surface area contributed by atoms with Gasteiger partial charge in [0.05, 0.1) is 18.2 Å². The third kappa shape index (κ3) is 3.76. The van der Waals surface area contributed by atoms with Gasteiger partial charge in [0.15, 0.2) is 17.2 Å². The molecule has 2 aromatic heterocycles. The van der Waals surface area contributed by atoms with Gasteiger partial charge >= 0.3 is 5.97 Å². The van der Waals surface area contributed by atoms with Gasteiger partial charge in [-0.3, -0.25) is 14.0 Å². The molecular weight excluding hydrogens is 356 g/mol. The van der Waals surface area contributed by atoms with Gasteiger partial charge in [-0.05, 0) is 31.5 Å². The molecule has 0 amide bonds. The normalized spacial score (nSPS) is 13.2. The van der Waals surface area contributed by atoms with Crippen LogP contribution >= 0.6 is 0 Å². The zero-order valence-electron chi connectivity index (χ0n) is 16.3. The molecule has 28 heavy (non-hydrogen) atoms. The first kappa shape index (κ1) is 19.6. The lowest BCUT2D eigenvalue weighted by Gasteiger charge is -2.21. The van der Waals surface area contributed by atoms with Gasteiger partial charge in [-0.25, -0.2) is 4.98 Å². The fraction of sp³-hybridized carbons (Fsp3) is 0.318. The number of aryl methyl sites for hydroxylation is 1. The largest absolute Gasteiger partial charge is 0.490 e. The average molecular weight is 380 g/mol. The Balaban J connectivity index is 2.00. The predicted octanol–water partition coefficient (Wildman–Crippen LogP) is 4.12. The minimum Gasteiger partial charge on any atom is -0.490 e. The molecule has 3 rings (SSSR count). The van der Waals surface area contributed by atoms with Crippen molar-refractivity contribution in [1.82, 2.24) is 9.38 Å². The van der Waals surface area contributed by atoms with Crippen LogP contribution < -0.4 is 4.74 Å². The lowest BCUT2D eigenvalue weighted by molar-refractivity contribution is -0.141. The molecule has 0 radical (unpaired) electrons. The molecule has 1 aromatic carbocycles. The fourth-order valence-corrected chi connectivity index (χ4v) is 3.51. The molecule has 0 unspecified atom stereocenters. The van der Waals surface area contributed by atoms with Crippen molar-refractivity contribution in [3.63, 3.8) is 0 Å². The minimum atomic E-state index is -0.921. The number of benzene rings is 1. The number of nitrogens with zero attached hydrogens (tertiary/aromatic N) is 2. The van der Waals surface area contributed by atoms with Crippen LogP contribution in [0.4, 0.5) is 0 Å². The van der Waals surface area contributed by atoms with Crippen molar-refractivity contribution in [2.75, 3.05) is 6.61 Å². The van der Waals surface area contributed by atoms with Crippen LogP contribution in [-0.4, -0.2) is 32.9 Å². The second-order valence-electron chi connectivity index (χ2n) is 6.82. The van der Waals surface area contributed by atoms with E-state index >= 15 is 0 Å². The van der Waals surface area contributed by atoms with Gasteiger partial charge in [-0.2, -0.15) is 0 Å². The summed E-state index contributed by atoms with van der Waals surface area (Å²) in [6.45, 7) is 5.82. The van der Waals surface area contributed by atoms with Crippen molar-refractivity contribution < 1.29 is 19.4 Å². The molecule has 6 nitrogen and oxygen atoms in total. The monoisotopic (exact) mass is 380 g/mol. The number of hydrogen-bond donors (Lipinski definition) is 1. The zero-order valence-corrected chi connectivity index (χ0v) is 16.3. The Morgan fingerprint density at radius 1 is 1.18 bits per heavy atom. The summed E-state index contributed by atoms with van der Waals surface area (Å²) in [6, 6.07) is 12.9. The van der Waals surface area contributed by atoms with E-state index in [2.05, 4.69) is 4.98 Å². The number of imidazole rings is 1. The highest BCUT2D eigenvalue weighted by Gasteiger charge is 2.29. The Morgan fingerprint density at radius 2 is 1.89 bits per heavy atom. The van der Waals surface area contributed by atoms with E-state index in [1.165, 1.54) is 0 Å². The Bertz CT molecular complexity index is 994. The summed E-state index contributed by atoms with van der Waals surface area (Å²) in [5.74, 6) is -1.56. The molecule has 0 spiro atoms. The minimum absolute atomic E-state index is 0.0883. The number of carboxylic acids is 1. The molecule has 146 valence electrons. The molecule has 0 aliphatic heterocycles. The van der Waals surface area contributed by atoms with E-state index < -0.39 is 17.8 Å². The lowest BCUT2D eigenvalue weighted by atomic mass is 9.83. The summed E-state index contributed by atoms with van der Waals surface area (Å²) < 4.78 is 7.35. The van der Waals surface area contributed by atoms with Gasteiger partial charge in [0.2, 0.25) is 0 Å². The van der Waals surface area contributed by atoms with Gasteiger partial charge < -0.3 is 9.84 Å². The third-order valence-electron chi connectivity index (χ3n) is 4.98. The number of carbonyl (C=O) groups is 2. The molecule has 0 saturated heterocycles. The number of rotatable bonds is 8. The maximum atomic E-state index is 13.2.